The smallest absolute Gasteiger partial charge is 0.0160 e. The Kier molecular flexibility index (Phi) is 3.23. The third-order valence-electron chi connectivity index (χ3n) is 3.40. The van der Waals surface area contributed by atoms with Crippen molar-refractivity contribution in [2.24, 2.45) is 0 Å². The van der Waals surface area contributed by atoms with Crippen molar-refractivity contribution < 1.29 is 0 Å². The van der Waals surface area contributed by atoms with Crippen molar-refractivity contribution in [3.05, 3.63) is 59.7 Å². The molecule has 90 valence electrons. The van der Waals surface area contributed by atoms with E-state index in [9.17, 15) is 0 Å². The molecule has 0 amide bonds. The summed E-state index contributed by atoms with van der Waals surface area (Å²) >= 11 is 8.85. The molecule has 0 heterocycles. The number of benzene rings is 3. The third kappa shape index (κ3) is 1.90. The highest BCUT2D eigenvalue weighted by Gasteiger charge is 2.06. The minimum Gasteiger partial charge on any atom is -0.175 e. The standard InChI is InChI=1S/C16H14S2/c17-9-13-5-6-14(10-18)16-8-12-4-2-1-3-11(12)7-15(13)16/h1-8,17-18H,9-10H2. The molecule has 0 saturated heterocycles. The van der Waals surface area contributed by atoms with E-state index in [4.69, 9.17) is 0 Å². The van der Waals surface area contributed by atoms with Crippen LogP contribution >= 0.6 is 25.3 Å². The van der Waals surface area contributed by atoms with Crippen LogP contribution in [0.25, 0.3) is 21.5 Å². The van der Waals surface area contributed by atoms with Crippen LogP contribution in [0.2, 0.25) is 0 Å². The molecule has 2 heteroatoms. The second-order valence-corrected chi connectivity index (χ2v) is 5.08. The van der Waals surface area contributed by atoms with Gasteiger partial charge < -0.3 is 0 Å². The van der Waals surface area contributed by atoms with Gasteiger partial charge in [-0.2, -0.15) is 25.3 Å². The van der Waals surface area contributed by atoms with Crippen LogP contribution in [0.15, 0.2) is 48.5 Å². The second kappa shape index (κ2) is 4.87. The molecule has 0 aliphatic rings. The number of rotatable bonds is 2. The van der Waals surface area contributed by atoms with Crippen LogP contribution in [-0.2, 0) is 11.5 Å². The summed E-state index contributed by atoms with van der Waals surface area (Å²) in [5.74, 6) is 1.53. The first-order chi connectivity index (χ1) is 8.83. The van der Waals surface area contributed by atoms with Crippen molar-refractivity contribution in [1.82, 2.24) is 0 Å². The maximum atomic E-state index is 4.42. The van der Waals surface area contributed by atoms with Crippen molar-refractivity contribution >= 4 is 46.8 Å². The van der Waals surface area contributed by atoms with Gasteiger partial charge in [0.25, 0.3) is 0 Å². The number of fused-ring (bicyclic) bond motifs is 2. The highest BCUT2D eigenvalue weighted by Crippen LogP contribution is 2.29. The molecule has 0 bridgehead atoms. The Bertz CT molecular complexity index is 655. The maximum Gasteiger partial charge on any atom is 0.0160 e. The molecule has 18 heavy (non-hydrogen) atoms. The predicted octanol–water partition coefficient (Wildman–Crippen LogP) is 4.85. The first-order valence-electron chi connectivity index (χ1n) is 5.98. The van der Waals surface area contributed by atoms with E-state index in [2.05, 4.69) is 73.8 Å². The summed E-state index contributed by atoms with van der Waals surface area (Å²) in [7, 11) is 0. The van der Waals surface area contributed by atoms with Crippen LogP contribution < -0.4 is 0 Å². The molecule has 3 aromatic carbocycles. The van der Waals surface area contributed by atoms with E-state index in [0.717, 1.165) is 11.5 Å². The zero-order chi connectivity index (χ0) is 12.5. The van der Waals surface area contributed by atoms with Crippen LogP contribution in [0.3, 0.4) is 0 Å². The van der Waals surface area contributed by atoms with E-state index in [0.29, 0.717) is 0 Å². The average Bonchev–Trinajstić information content (AvgIpc) is 2.44. The predicted molar refractivity (Wildman–Crippen MR) is 86.8 cm³/mol. The highest BCUT2D eigenvalue weighted by molar-refractivity contribution is 7.79. The van der Waals surface area contributed by atoms with Crippen LogP contribution in [0, 0.1) is 0 Å². The Morgan fingerprint density at radius 1 is 0.667 bits per heavy atom. The molecule has 0 nitrogen and oxygen atoms in total. The Morgan fingerprint density at radius 2 is 1.11 bits per heavy atom. The Balaban J connectivity index is 2.46. The molecular formula is C16H14S2. The molecule has 0 spiro atoms. The van der Waals surface area contributed by atoms with E-state index in [1.165, 1.54) is 32.7 Å². The lowest BCUT2D eigenvalue weighted by molar-refractivity contribution is 1.42. The first-order valence-corrected chi connectivity index (χ1v) is 7.25. The van der Waals surface area contributed by atoms with E-state index in [-0.39, 0.29) is 0 Å². The summed E-state index contributed by atoms with van der Waals surface area (Å²) < 4.78 is 0. The molecule has 0 aliphatic heterocycles. The van der Waals surface area contributed by atoms with E-state index in [1.807, 2.05) is 0 Å². The van der Waals surface area contributed by atoms with Gasteiger partial charge in [-0.1, -0.05) is 36.4 Å². The topological polar surface area (TPSA) is 0 Å². The largest absolute Gasteiger partial charge is 0.175 e. The van der Waals surface area contributed by atoms with E-state index in [1.54, 1.807) is 0 Å². The Morgan fingerprint density at radius 3 is 1.50 bits per heavy atom. The minimum atomic E-state index is 0.766. The highest BCUT2D eigenvalue weighted by atomic mass is 32.1. The van der Waals surface area contributed by atoms with Crippen molar-refractivity contribution in [2.45, 2.75) is 11.5 Å². The van der Waals surface area contributed by atoms with Crippen molar-refractivity contribution in [3.63, 3.8) is 0 Å². The van der Waals surface area contributed by atoms with Gasteiger partial charge >= 0.3 is 0 Å². The lowest BCUT2D eigenvalue weighted by Gasteiger charge is -2.10. The zero-order valence-corrected chi connectivity index (χ0v) is 11.7. The van der Waals surface area contributed by atoms with Crippen LogP contribution in [-0.4, -0.2) is 0 Å². The molecular weight excluding hydrogens is 256 g/mol. The molecule has 0 aliphatic carbocycles. The minimum absolute atomic E-state index is 0.766. The van der Waals surface area contributed by atoms with Crippen molar-refractivity contribution in [2.75, 3.05) is 0 Å². The van der Waals surface area contributed by atoms with Gasteiger partial charge in [-0.25, -0.2) is 0 Å². The quantitative estimate of drug-likeness (QED) is 0.482. The summed E-state index contributed by atoms with van der Waals surface area (Å²) in [5.41, 5.74) is 2.56. The SMILES string of the molecule is SCc1ccc(CS)c2cc3ccccc3cc12. The van der Waals surface area contributed by atoms with Gasteiger partial charge in [0.1, 0.15) is 0 Å². The zero-order valence-electron chi connectivity index (χ0n) is 9.93. The summed E-state index contributed by atoms with van der Waals surface area (Å²) in [5, 5.41) is 5.17. The fourth-order valence-corrected chi connectivity index (χ4v) is 2.98. The fraction of sp³-hybridized carbons (Fsp3) is 0.125. The normalized spacial score (nSPS) is 11.2. The van der Waals surface area contributed by atoms with Gasteiger partial charge in [-0.05, 0) is 44.8 Å². The van der Waals surface area contributed by atoms with E-state index < -0.39 is 0 Å². The molecule has 3 rings (SSSR count). The van der Waals surface area contributed by atoms with E-state index >= 15 is 0 Å². The Labute approximate surface area is 118 Å². The van der Waals surface area contributed by atoms with Gasteiger partial charge in [0.15, 0.2) is 0 Å². The number of hydrogen-bond acceptors (Lipinski definition) is 2. The van der Waals surface area contributed by atoms with Crippen LogP contribution in [0.5, 0.6) is 0 Å². The van der Waals surface area contributed by atoms with Crippen molar-refractivity contribution in [3.8, 4) is 0 Å². The van der Waals surface area contributed by atoms with Crippen LogP contribution in [0.4, 0.5) is 0 Å². The van der Waals surface area contributed by atoms with Gasteiger partial charge in [-0.15, -0.1) is 0 Å². The molecule has 0 radical (unpaired) electrons. The number of hydrogen-bond donors (Lipinski definition) is 2. The molecule has 0 fully saturated rings. The fourth-order valence-electron chi connectivity index (χ4n) is 2.43. The monoisotopic (exact) mass is 270 g/mol. The van der Waals surface area contributed by atoms with Crippen LogP contribution in [0.1, 0.15) is 11.1 Å². The lowest BCUT2D eigenvalue weighted by atomic mass is 9.97. The van der Waals surface area contributed by atoms with Gasteiger partial charge in [0.05, 0.1) is 0 Å². The van der Waals surface area contributed by atoms with Crippen molar-refractivity contribution in [1.29, 1.82) is 0 Å². The maximum absolute atomic E-state index is 4.42. The summed E-state index contributed by atoms with van der Waals surface area (Å²) in [6.45, 7) is 0. The first kappa shape index (κ1) is 11.9. The molecule has 3 aromatic rings. The molecule has 0 aromatic heterocycles. The molecule has 0 unspecified atom stereocenters. The van der Waals surface area contributed by atoms with Gasteiger partial charge in [0.2, 0.25) is 0 Å². The second-order valence-electron chi connectivity index (χ2n) is 4.44. The Hall–Kier alpha value is -1.12. The van der Waals surface area contributed by atoms with Gasteiger partial charge in [0, 0.05) is 11.5 Å². The third-order valence-corrected chi connectivity index (χ3v) is 4.09. The molecule has 0 saturated carbocycles. The molecule has 0 atom stereocenters. The summed E-state index contributed by atoms with van der Waals surface area (Å²) in [6.07, 6.45) is 0. The summed E-state index contributed by atoms with van der Waals surface area (Å²) in [4.78, 5) is 0. The molecule has 0 N–H and O–H groups in total. The number of thiol groups is 2. The lowest BCUT2D eigenvalue weighted by Crippen LogP contribution is -1.88. The summed E-state index contributed by atoms with van der Waals surface area (Å²) in [6, 6.07) is 17.3. The van der Waals surface area contributed by atoms with Gasteiger partial charge in [-0.3, -0.25) is 0 Å². The average molecular weight is 270 g/mol.